The number of fused-ring (bicyclic) bond motifs is 2. The number of allylic oxidation sites excluding steroid dienone is 1. The van der Waals surface area contributed by atoms with Crippen molar-refractivity contribution in [2.75, 3.05) is 0 Å². The van der Waals surface area contributed by atoms with E-state index in [2.05, 4.69) is 18.2 Å². The van der Waals surface area contributed by atoms with Crippen molar-refractivity contribution in [3.63, 3.8) is 0 Å². The zero-order valence-electron chi connectivity index (χ0n) is 13.2. The Hall–Kier alpha value is -2.94. The zero-order chi connectivity index (χ0) is 16.5. The van der Waals surface area contributed by atoms with Gasteiger partial charge in [0.05, 0.1) is 16.8 Å². The van der Waals surface area contributed by atoms with E-state index in [-0.39, 0.29) is 0 Å². The van der Waals surface area contributed by atoms with Gasteiger partial charge in [0.15, 0.2) is 0 Å². The summed E-state index contributed by atoms with van der Waals surface area (Å²) in [5, 5.41) is 10.5. The van der Waals surface area contributed by atoms with Crippen LogP contribution >= 0.6 is 0 Å². The molecule has 0 atom stereocenters. The number of pyridine rings is 1. The van der Waals surface area contributed by atoms with E-state index in [4.69, 9.17) is 4.98 Å². The Morgan fingerprint density at radius 3 is 2.54 bits per heavy atom. The molecule has 0 saturated heterocycles. The van der Waals surface area contributed by atoms with E-state index >= 15 is 0 Å². The van der Waals surface area contributed by atoms with Gasteiger partial charge in [0.1, 0.15) is 0 Å². The molecule has 1 aliphatic carbocycles. The Balaban J connectivity index is 1.98. The van der Waals surface area contributed by atoms with Gasteiger partial charge in [-0.25, -0.2) is 9.78 Å². The first-order chi connectivity index (χ1) is 11.7. The fourth-order valence-corrected chi connectivity index (χ4v) is 3.47. The quantitative estimate of drug-likeness (QED) is 0.738. The van der Waals surface area contributed by atoms with Crippen LogP contribution in [0.15, 0.2) is 54.6 Å². The standard InChI is InChI=1S/C21H17NO2/c23-21(24)19-16-10-4-5-12-18(16)22-20-15(9-6-11-17(19)20)13-14-7-2-1-3-8-14/h1-5,7-8,10,12-13H,6,9,11H2,(H,23,24)/b15-13+. The van der Waals surface area contributed by atoms with E-state index in [1.165, 1.54) is 0 Å². The van der Waals surface area contributed by atoms with Crippen LogP contribution in [0.2, 0.25) is 0 Å². The third-order valence-electron chi connectivity index (χ3n) is 4.52. The maximum absolute atomic E-state index is 11.9. The van der Waals surface area contributed by atoms with Crippen molar-refractivity contribution in [3.05, 3.63) is 77.0 Å². The number of aromatic carboxylic acids is 1. The van der Waals surface area contributed by atoms with Gasteiger partial charge >= 0.3 is 5.97 Å². The largest absolute Gasteiger partial charge is 0.478 e. The van der Waals surface area contributed by atoms with Crippen molar-refractivity contribution in [1.82, 2.24) is 4.98 Å². The number of aromatic nitrogens is 1. The number of hydrogen-bond acceptors (Lipinski definition) is 2. The van der Waals surface area contributed by atoms with Gasteiger partial charge in [0, 0.05) is 5.39 Å². The number of carboxylic acids is 1. The van der Waals surface area contributed by atoms with Crippen LogP contribution in [-0.4, -0.2) is 16.1 Å². The molecule has 24 heavy (non-hydrogen) atoms. The molecule has 0 unspecified atom stereocenters. The molecule has 0 radical (unpaired) electrons. The van der Waals surface area contributed by atoms with Gasteiger partial charge in [-0.3, -0.25) is 0 Å². The number of para-hydroxylation sites is 1. The first-order valence-corrected chi connectivity index (χ1v) is 8.15. The smallest absolute Gasteiger partial charge is 0.336 e. The zero-order valence-corrected chi connectivity index (χ0v) is 13.2. The Kier molecular flexibility index (Phi) is 3.62. The summed E-state index contributed by atoms with van der Waals surface area (Å²) in [7, 11) is 0. The highest BCUT2D eigenvalue weighted by Gasteiger charge is 2.24. The highest BCUT2D eigenvalue weighted by atomic mass is 16.4. The maximum atomic E-state index is 11.9. The van der Waals surface area contributed by atoms with E-state index < -0.39 is 5.97 Å². The van der Waals surface area contributed by atoms with Crippen LogP contribution in [0.3, 0.4) is 0 Å². The number of hydrogen-bond donors (Lipinski definition) is 1. The summed E-state index contributed by atoms with van der Waals surface area (Å²) in [4.78, 5) is 16.7. The maximum Gasteiger partial charge on any atom is 0.336 e. The predicted octanol–water partition coefficient (Wildman–Crippen LogP) is 4.81. The van der Waals surface area contributed by atoms with Gasteiger partial charge in [0.2, 0.25) is 0 Å². The summed E-state index contributed by atoms with van der Waals surface area (Å²) in [6.07, 6.45) is 4.77. The minimum absolute atomic E-state index is 0.411. The molecule has 0 bridgehead atoms. The van der Waals surface area contributed by atoms with Crippen molar-refractivity contribution in [3.8, 4) is 0 Å². The van der Waals surface area contributed by atoms with Crippen molar-refractivity contribution in [1.29, 1.82) is 0 Å². The molecule has 3 aromatic rings. The average molecular weight is 315 g/mol. The summed E-state index contributed by atoms with van der Waals surface area (Å²) >= 11 is 0. The third kappa shape index (κ3) is 2.48. The van der Waals surface area contributed by atoms with E-state index in [1.807, 2.05) is 42.5 Å². The van der Waals surface area contributed by atoms with Crippen molar-refractivity contribution in [2.45, 2.75) is 19.3 Å². The fraction of sp³-hybridized carbons (Fsp3) is 0.143. The van der Waals surface area contributed by atoms with Gasteiger partial charge in [-0.05, 0) is 48.1 Å². The molecule has 3 nitrogen and oxygen atoms in total. The minimum atomic E-state index is -0.870. The molecule has 118 valence electrons. The summed E-state index contributed by atoms with van der Waals surface area (Å²) in [6, 6.07) is 17.6. The summed E-state index contributed by atoms with van der Waals surface area (Å²) in [6.45, 7) is 0. The lowest BCUT2D eigenvalue weighted by Crippen LogP contribution is -2.13. The molecule has 3 heteroatoms. The van der Waals surface area contributed by atoms with Crippen LogP contribution in [0.4, 0.5) is 0 Å². The second-order valence-electron chi connectivity index (χ2n) is 6.07. The number of carbonyl (C=O) groups is 1. The van der Waals surface area contributed by atoms with Crippen molar-refractivity contribution in [2.24, 2.45) is 0 Å². The Morgan fingerprint density at radius 1 is 1.00 bits per heavy atom. The second kappa shape index (κ2) is 5.93. The molecule has 0 amide bonds. The van der Waals surface area contributed by atoms with Crippen LogP contribution in [0, 0.1) is 0 Å². The molecule has 0 spiro atoms. The molecule has 2 aromatic carbocycles. The van der Waals surface area contributed by atoms with Crippen LogP contribution in [0.25, 0.3) is 22.6 Å². The highest BCUT2D eigenvalue weighted by Crippen LogP contribution is 2.36. The lowest BCUT2D eigenvalue weighted by molar-refractivity contribution is 0.0697. The lowest BCUT2D eigenvalue weighted by atomic mass is 9.86. The molecule has 1 N–H and O–H groups in total. The Morgan fingerprint density at radius 2 is 1.75 bits per heavy atom. The molecule has 0 fully saturated rings. The van der Waals surface area contributed by atoms with E-state index in [1.54, 1.807) is 0 Å². The van der Waals surface area contributed by atoms with E-state index in [0.29, 0.717) is 5.56 Å². The average Bonchev–Trinajstić information content (AvgIpc) is 2.61. The monoisotopic (exact) mass is 315 g/mol. The molecule has 0 aliphatic heterocycles. The molecule has 1 aliphatic rings. The number of rotatable bonds is 2. The highest BCUT2D eigenvalue weighted by molar-refractivity contribution is 6.05. The summed E-state index contributed by atoms with van der Waals surface area (Å²) in [5.74, 6) is -0.870. The van der Waals surface area contributed by atoms with E-state index in [9.17, 15) is 9.90 Å². The number of benzene rings is 2. The van der Waals surface area contributed by atoms with Gasteiger partial charge in [0.25, 0.3) is 0 Å². The number of carboxylic acid groups (broad SMARTS) is 1. The van der Waals surface area contributed by atoms with Crippen LogP contribution in [-0.2, 0) is 6.42 Å². The van der Waals surface area contributed by atoms with Crippen molar-refractivity contribution < 1.29 is 9.90 Å². The first-order valence-electron chi connectivity index (χ1n) is 8.15. The van der Waals surface area contributed by atoms with Gasteiger partial charge in [-0.2, -0.15) is 0 Å². The Bertz CT molecular complexity index is 958. The molecule has 1 heterocycles. The van der Waals surface area contributed by atoms with Crippen molar-refractivity contribution >= 4 is 28.5 Å². The molecule has 0 saturated carbocycles. The molecular formula is C21H17NO2. The third-order valence-corrected chi connectivity index (χ3v) is 4.52. The van der Waals surface area contributed by atoms with Crippen LogP contribution in [0.1, 0.15) is 40.0 Å². The first kappa shape index (κ1) is 14.6. The normalized spacial score (nSPS) is 15.4. The van der Waals surface area contributed by atoms with Crippen LogP contribution < -0.4 is 0 Å². The topological polar surface area (TPSA) is 50.2 Å². The van der Waals surface area contributed by atoms with Gasteiger partial charge in [-0.15, -0.1) is 0 Å². The predicted molar refractivity (Wildman–Crippen MR) is 96.0 cm³/mol. The second-order valence-corrected chi connectivity index (χ2v) is 6.07. The summed E-state index contributed by atoms with van der Waals surface area (Å²) < 4.78 is 0. The molecular weight excluding hydrogens is 298 g/mol. The Labute approximate surface area is 140 Å². The van der Waals surface area contributed by atoms with Crippen LogP contribution in [0.5, 0.6) is 0 Å². The lowest BCUT2D eigenvalue weighted by Gasteiger charge is -2.21. The fourth-order valence-electron chi connectivity index (χ4n) is 3.47. The SMILES string of the molecule is O=C(O)c1c2c(nc3ccccc13)/C(=C/c1ccccc1)CCC2. The summed E-state index contributed by atoms with van der Waals surface area (Å²) in [5.41, 5.74) is 5.11. The van der Waals surface area contributed by atoms with E-state index in [0.717, 1.165) is 52.6 Å². The van der Waals surface area contributed by atoms with Gasteiger partial charge in [-0.1, -0.05) is 48.5 Å². The molecule has 4 rings (SSSR count). The minimum Gasteiger partial charge on any atom is -0.478 e. The molecule has 1 aromatic heterocycles. The van der Waals surface area contributed by atoms with Gasteiger partial charge < -0.3 is 5.11 Å². The number of nitrogens with zero attached hydrogens (tertiary/aromatic N) is 1.